The Hall–Kier alpha value is -0.590. The third-order valence-corrected chi connectivity index (χ3v) is 6.23. The van der Waals surface area contributed by atoms with E-state index in [0.29, 0.717) is 0 Å². The van der Waals surface area contributed by atoms with Crippen molar-refractivity contribution >= 4 is 51.9 Å². The first-order valence-corrected chi connectivity index (χ1v) is 9.56. The summed E-state index contributed by atoms with van der Waals surface area (Å²) in [5.74, 6) is 0. The molecule has 1 aliphatic heterocycles. The van der Waals surface area contributed by atoms with Crippen LogP contribution in [0, 0.1) is 0 Å². The molecule has 2 heterocycles. The highest BCUT2D eigenvalue weighted by Crippen LogP contribution is 2.35. The van der Waals surface area contributed by atoms with Crippen molar-refractivity contribution in [2.45, 2.75) is 15.5 Å². The standard InChI is InChI=1S/C16H16ClNOS3/c17-13-3-4-14(22-16-2-1-9-21-16)12(10-13)11-15(20)18-5-7-19-8-6-18/h1-4,9-10H,5-8,11H2. The Morgan fingerprint density at radius 3 is 2.86 bits per heavy atom. The van der Waals surface area contributed by atoms with Crippen molar-refractivity contribution in [2.75, 3.05) is 26.3 Å². The minimum Gasteiger partial charge on any atom is -0.378 e. The summed E-state index contributed by atoms with van der Waals surface area (Å²) in [6.45, 7) is 3.28. The van der Waals surface area contributed by atoms with Crippen molar-refractivity contribution in [3.63, 3.8) is 0 Å². The molecule has 1 fully saturated rings. The average Bonchev–Trinajstić information content (AvgIpc) is 3.04. The first-order valence-electron chi connectivity index (χ1n) is 7.08. The molecule has 2 nitrogen and oxygen atoms in total. The Balaban J connectivity index is 1.76. The smallest absolute Gasteiger partial charge is 0.0825 e. The number of benzene rings is 1. The van der Waals surface area contributed by atoms with Crippen molar-refractivity contribution in [1.82, 2.24) is 4.90 Å². The van der Waals surface area contributed by atoms with Gasteiger partial charge in [-0.1, -0.05) is 41.6 Å². The fourth-order valence-electron chi connectivity index (χ4n) is 2.30. The Kier molecular flexibility index (Phi) is 5.77. The number of halogens is 1. The quantitative estimate of drug-likeness (QED) is 0.720. The van der Waals surface area contributed by atoms with Crippen LogP contribution in [0.3, 0.4) is 0 Å². The number of rotatable bonds is 4. The van der Waals surface area contributed by atoms with E-state index in [4.69, 9.17) is 28.6 Å². The predicted molar refractivity (Wildman–Crippen MR) is 98.6 cm³/mol. The maximum absolute atomic E-state index is 6.18. The third kappa shape index (κ3) is 4.24. The van der Waals surface area contributed by atoms with E-state index in [0.717, 1.165) is 42.7 Å². The summed E-state index contributed by atoms with van der Waals surface area (Å²) < 4.78 is 6.67. The number of thiophene rings is 1. The van der Waals surface area contributed by atoms with Crippen LogP contribution in [-0.4, -0.2) is 36.2 Å². The maximum atomic E-state index is 6.18. The van der Waals surface area contributed by atoms with E-state index < -0.39 is 0 Å². The molecule has 2 aromatic rings. The summed E-state index contributed by atoms with van der Waals surface area (Å²) in [6.07, 6.45) is 0.754. The molecule has 6 heteroatoms. The molecule has 0 N–H and O–H groups in total. The zero-order chi connectivity index (χ0) is 15.4. The van der Waals surface area contributed by atoms with Gasteiger partial charge in [0.1, 0.15) is 0 Å². The van der Waals surface area contributed by atoms with Gasteiger partial charge in [-0.3, -0.25) is 0 Å². The van der Waals surface area contributed by atoms with E-state index in [1.54, 1.807) is 23.1 Å². The minimum atomic E-state index is 0.754. The molecular weight excluding hydrogens is 354 g/mol. The summed E-state index contributed by atoms with van der Waals surface area (Å²) in [5.41, 5.74) is 1.20. The molecule has 0 saturated carbocycles. The van der Waals surface area contributed by atoms with Crippen LogP contribution in [-0.2, 0) is 11.2 Å². The van der Waals surface area contributed by atoms with Crippen LogP contribution >= 0.6 is 46.9 Å². The van der Waals surface area contributed by atoms with Gasteiger partial charge in [-0.2, -0.15) is 0 Å². The van der Waals surface area contributed by atoms with Gasteiger partial charge in [0.25, 0.3) is 0 Å². The van der Waals surface area contributed by atoms with Gasteiger partial charge < -0.3 is 9.64 Å². The summed E-state index contributed by atoms with van der Waals surface area (Å²) in [4.78, 5) is 4.43. The normalized spacial score (nSPS) is 15.0. The molecule has 1 aromatic carbocycles. The molecule has 0 unspecified atom stereocenters. The van der Waals surface area contributed by atoms with Crippen LogP contribution < -0.4 is 0 Å². The monoisotopic (exact) mass is 369 g/mol. The number of morpholine rings is 1. The topological polar surface area (TPSA) is 12.5 Å². The fraction of sp³-hybridized carbons (Fsp3) is 0.312. The molecule has 0 atom stereocenters. The van der Waals surface area contributed by atoms with Crippen LogP contribution in [0.15, 0.2) is 44.8 Å². The molecule has 1 saturated heterocycles. The summed E-state index contributed by atoms with van der Waals surface area (Å²) in [6, 6.07) is 10.3. The lowest BCUT2D eigenvalue weighted by atomic mass is 10.1. The van der Waals surface area contributed by atoms with E-state index in [9.17, 15) is 0 Å². The fourth-order valence-corrected chi connectivity index (χ4v) is 4.67. The number of nitrogens with zero attached hydrogens (tertiary/aromatic N) is 1. The van der Waals surface area contributed by atoms with Crippen LogP contribution in [0.1, 0.15) is 5.56 Å². The lowest BCUT2D eigenvalue weighted by Crippen LogP contribution is -2.40. The van der Waals surface area contributed by atoms with Gasteiger partial charge in [-0.25, -0.2) is 0 Å². The number of thiocarbonyl (C=S) groups is 1. The third-order valence-electron chi connectivity index (χ3n) is 3.43. The van der Waals surface area contributed by atoms with Gasteiger partial charge in [-0.05, 0) is 35.2 Å². The van der Waals surface area contributed by atoms with Crippen molar-refractivity contribution in [3.8, 4) is 0 Å². The van der Waals surface area contributed by atoms with Crippen molar-refractivity contribution in [2.24, 2.45) is 0 Å². The van der Waals surface area contributed by atoms with E-state index in [1.807, 2.05) is 12.1 Å². The highest BCUT2D eigenvalue weighted by Gasteiger charge is 2.16. The largest absolute Gasteiger partial charge is 0.378 e. The molecule has 1 aromatic heterocycles. The summed E-state index contributed by atoms with van der Waals surface area (Å²) in [5, 5.41) is 2.85. The molecule has 3 rings (SSSR count). The molecule has 22 heavy (non-hydrogen) atoms. The van der Waals surface area contributed by atoms with E-state index in [1.165, 1.54) is 14.7 Å². The minimum absolute atomic E-state index is 0.754. The number of hydrogen-bond acceptors (Lipinski definition) is 4. The molecule has 0 radical (unpaired) electrons. The average molecular weight is 370 g/mol. The Morgan fingerprint density at radius 2 is 2.14 bits per heavy atom. The van der Waals surface area contributed by atoms with E-state index in [-0.39, 0.29) is 0 Å². The molecule has 0 bridgehead atoms. The molecule has 0 amide bonds. The zero-order valence-electron chi connectivity index (χ0n) is 12.0. The molecule has 0 spiro atoms. The first kappa shape index (κ1) is 16.3. The van der Waals surface area contributed by atoms with E-state index >= 15 is 0 Å². The molecule has 0 aliphatic carbocycles. The van der Waals surface area contributed by atoms with Gasteiger partial charge in [0.05, 0.1) is 22.4 Å². The second-order valence-electron chi connectivity index (χ2n) is 4.96. The Morgan fingerprint density at radius 1 is 1.32 bits per heavy atom. The number of hydrogen-bond donors (Lipinski definition) is 0. The Bertz CT molecular complexity index is 639. The summed E-state index contributed by atoms with van der Waals surface area (Å²) in [7, 11) is 0. The molecule has 116 valence electrons. The van der Waals surface area contributed by atoms with Crippen LogP contribution in [0.2, 0.25) is 5.02 Å². The van der Waals surface area contributed by atoms with Crippen molar-refractivity contribution in [1.29, 1.82) is 0 Å². The second kappa shape index (κ2) is 7.79. The van der Waals surface area contributed by atoms with Gasteiger partial charge in [0, 0.05) is 29.4 Å². The highest BCUT2D eigenvalue weighted by molar-refractivity contribution is 8.01. The van der Waals surface area contributed by atoms with Crippen molar-refractivity contribution in [3.05, 3.63) is 46.3 Å². The maximum Gasteiger partial charge on any atom is 0.0825 e. The molecule has 1 aliphatic rings. The van der Waals surface area contributed by atoms with Gasteiger partial charge >= 0.3 is 0 Å². The zero-order valence-corrected chi connectivity index (χ0v) is 15.2. The van der Waals surface area contributed by atoms with Crippen LogP contribution in [0.4, 0.5) is 0 Å². The second-order valence-corrected chi connectivity index (χ2v) is 8.15. The van der Waals surface area contributed by atoms with Crippen molar-refractivity contribution < 1.29 is 4.74 Å². The summed E-state index contributed by atoms with van der Waals surface area (Å²) >= 11 is 15.3. The predicted octanol–water partition coefficient (Wildman–Crippen LogP) is 4.75. The lowest BCUT2D eigenvalue weighted by molar-refractivity contribution is 0.0684. The van der Waals surface area contributed by atoms with Crippen LogP contribution in [0.5, 0.6) is 0 Å². The lowest BCUT2D eigenvalue weighted by Gasteiger charge is -2.29. The highest BCUT2D eigenvalue weighted by atomic mass is 35.5. The van der Waals surface area contributed by atoms with E-state index in [2.05, 4.69) is 28.5 Å². The van der Waals surface area contributed by atoms with Gasteiger partial charge in [0.2, 0.25) is 0 Å². The first-order chi connectivity index (χ1) is 10.7. The van der Waals surface area contributed by atoms with Gasteiger partial charge in [0.15, 0.2) is 0 Å². The number of ether oxygens (including phenoxy) is 1. The SMILES string of the molecule is S=C(Cc1cc(Cl)ccc1Sc1cccs1)N1CCOCC1. The van der Waals surface area contributed by atoms with Crippen LogP contribution in [0.25, 0.3) is 0 Å². The molecular formula is C16H16ClNOS3. The Labute approximate surface area is 149 Å². The van der Waals surface area contributed by atoms with Gasteiger partial charge in [-0.15, -0.1) is 11.3 Å².